The van der Waals surface area contributed by atoms with Gasteiger partial charge in [-0.1, -0.05) is 68.2 Å². The molecule has 0 bridgehead atoms. The number of carbonyl (C=O) groups is 2. The maximum atomic E-state index is 12.3. The van der Waals surface area contributed by atoms with Crippen molar-refractivity contribution < 1.29 is 45.0 Å². The minimum absolute atomic E-state index is 0.146. The smallest absolute Gasteiger partial charge is 0.337 e. The molecule has 10 rings (SSSR count). The van der Waals surface area contributed by atoms with Gasteiger partial charge in [0.1, 0.15) is 0 Å². The number of aromatic nitrogens is 2. The third-order valence-corrected chi connectivity index (χ3v) is 24.6. The van der Waals surface area contributed by atoms with Crippen LogP contribution in [0.3, 0.4) is 0 Å². The second-order valence-corrected chi connectivity index (χ2v) is 27.8. The fourth-order valence-corrected chi connectivity index (χ4v) is 20.9. The zero-order chi connectivity index (χ0) is 54.6. The molecule has 424 valence electrons. The number of aryl methyl sites for hydroxylation is 1. The van der Waals surface area contributed by atoms with Crippen molar-refractivity contribution in [3.8, 4) is 5.88 Å². The topological polar surface area (TPSA) is 200 Å². The van der Waals surface area contributed by atoms with Gasteiger partial charge >= 0.3 is 11.9 Å². The van der Waals surface area contributed by atoms with Gasteiger partial charge < -0.3 is 39.9 Å². The van der Waals surface area contributed by atoms with Crippen molar-refractivity contribution >= 4 is 11.9 Å². The number of pyridine rings is 2. The molecule has 8 aliphatic rings. The van der Waals surface area contributed by atoms with Crippen LogP contribution < -0.4 is 10.3 Å². The summed E-state index contributed by atoms with van der Waals surface area (Å²) in [5.41, 5.74) is 1.18. The van der Waals surface area contributed by atoms with Gasteiger partial charge in [-0.3, -0.25) is 4.79 Å². The monoisotopic (exact) mass is 1050 g/mol. The van der Waals surface area contributed by atoms with E-state index < -0.39 is 11.9 Å². The fourth-order valence-electron chi connectivity index (χ4n) is 20.9. The van der Waals surface area contributed by atoms with Crippen LogP contribution in [0.1, 0.15) is 205 Å². The molecule has 22 atom stereocenters. The number of rotatable bonds is 15. The van der Waals surface area contributed by atoms with Crippen LogP contribution in [0.5, 0.6) is 5.88 Å². The lowest BCUT2D eigenvalue weighted by Crippen LogP contribution is -2.62. The van der Waals surface area contributed by atoms with Gasteiger partial charge in [-0.25, -0.2) is 14.6 Å². The molecule has 12 heteroatoms. The lowest BCUT2D eigenvalue weighted by molar-refractivity contribution is -0.203. The predicted octanol–water partition coefficient (Wildman–Crippen LogP) is 11.8. The molecule has 8 saturated carbocycles. The van der Waals surface area contributed by atoms with Gasteiger partial charge in [0.25, 0.3) is 5.56 Å². The average molecular weight is 1060 g/mol. The Bertz CT molecular complexity index is 2390. The van der Waals surface area contributed by atoms with E-state index in [1.807, 2.05) is 0 Å². The first kappa shape index (κ1) is 57.4. The molecule has 0 spiro atoms. The van der Waals surface area contributed by atoms with Crippen LogP contribution in [-0.2, 0) is 6.54 Å². The minimum atomic E-state index is -1.01. The van der Waals surface area contributed by atoms with E-state index in [1.165, 1.54) is 82.0 Å². The van der Waals surface area contributed by atoms with Gasteiger partial charge in [-0.05, 0) is 232 Å². The van der Waals surface area contributed by atoms with Crippen LogP contribution in [0.25, 0.3) is 0 Å². The molecule has 12 nitrogen and oxygen atoms in total. The van der Waals surface area contributed by atoms with E-state index in [0.29, 0.717) is 96.0 Å². The van der Waals surface area contributed by atoms with Crippen molar-refractivity contribution in [3.05, 3.63) is 58.1 Å². The van der Waals surface area contributed by atoms with Crippen molar-refractivity contribution in [2.45, 2.75) is 215 Å². The maximum Gasteiger partial charge on any atom is 0.337 e. The Balaban J connectivity index is 0.000000186. The molecule has 8 fully saturated rings. The highest BCUT2D eigenvalue weighted by Crippen LogP contribution is 2.71. The Morgan fingerprint density at radius 2 is 1.08 bits per heavy atom. The zero-order valence-corrected chi connectivity index (χ0v) is 47.6. The summed E-state index contributed by atoms with van der Waals surface area (Å²) in [5, 5.41) is 63.1. The van der Waals surface area contributed by atoms with Gasteiger partial charge in [0.2, 0.25) is 5.88 Å². The third-order valence-electron chi connectivity index (χ3n) is 24.6. The summed E-state index contributed by atoms with van der Waals surface area (Å²) in [6, 6.07) is 5.89. The third kappa shape index (κ3) is 10.3. The van der Waals surface area contributed by atoms with Gasteiger partial charge in [-0.2, -0.15) is 0 Å². The molecule has 0 amide bonds. The Labute approximate surface area is 454 Å². The number of carboxylic acids is 2. The van der Waals surface area contributed by atoms with Crippen LogP contribution in [0.2, 0.25) is 0 Å². The number of fused-ring (bicyclic) bond motifs is 10. The molecule has 76 heavy (non-hydrogen) atoms. The number of aliphatic hydroxyl groups is 4. The van der Waals surface area contributed by atoms with Crippen molar-refractivity contribution in [3.63, 3.8) is 0 Å². The van der Waals surface area contributed by atoms with E-state index in [9.17, 15) is 39.9 Å². The maximum absolute atomic E-state index is 12.3. The summed E-state index contributed by atoms with van der Waals surface area (Å²) in [6.45, 7) is 20.4. The number of nitrogens with zero attached hydrogens (tertiary/aromatic N) is 2. The van der Waals surface area contributed by atoms with Crippen LogP contribution in [0.15, 0.2) is 41.5 Å². The first-order valence-electron chi connectivity index (χ1n) is 30.6. The number of hydrogen-bond acceptors (Lipinski definition) is 9. The van der Waals surface area contributed by atoms with E-state index >= 15 is 0 Å². The Morgan fingerprint density at radius 1 is 0.618 bits per heavy atom. The lowest BCUT2D eigenvalue weighted by atomic mass is 9.41. The zero-order valence-electron chi connectivity index (χ0n) is 47.6. The molecule has 2 aromatic rings. The second kappa shape index (κ2) is 22.7. The summed E-state index contributed by atoms with van der Waals surface area (Å²) in [7, 11) is 0. The van der Waals surface area contributed by atoms with E-state index in [-0.39, 0.29) is 68.7 Å². The largest absolute Gasteiger partial charge is 0.478 e. The predicted molar refractivity (Wildman–Crippen MR) is 295 cm³/mol. The summed E-state index contributed by atoms with van der Waals surface area (Å²) >= 11 is 0. The van der Waals surface area contributed by atoms with E-state index in [1.54, 1.807) is 10.6 Å². The number of aliphatic hydroxyl groups excluding tert-OH is 4. The molecule has 6 N–H and O–H groups in total. The highest BCUT2D eigenvalue weighted by atomic mass is 16.5. The molecule has 2 heterocycles. The van der Waals surface area contributed by atoms with Crippen molar-refractivity contribution in [2.24, 2.45) is 105 Å². The summed E-state index contributed by atoms with van der Waals surface area (Å²) < 4.78 is 7.35. The van der Waals surface area contributed by atoms with Crippen LogP contribution >= 0.6 is 0 Å². The van der Waals surface area contributed by atoms with Crippen LogP contribution in [0.4, 0.5) is 0 Å². The first-order valence-corrected chi connectivity index (χ1v) is 30.6. The van der Waals surface area contributed by atoms with Gasteiger partial charge in [-0.15, -0.1) is 0 Å². The molecular formula is C64H98N2O10. The Morgan fingerprint density at radius 3 is 1.54 bits per heavy atom. The number of carboxylic acid groups (broad SMARTS) is 2. The fraction of sp³-hybridized carbons (Fsp3) is 0.812. The molecule has 8 aliphatic carbocycles. The minimum Gasteiger partial charge on any atom is -0.478 e. The van der Waals surface area contributed by atoms with Crippen LogP contribution in [-0.4, -0.2) is 83.2 Å². The molecule has 0 radical (unpaired) electrons. The Kier molecular flexibility index (Phi) is 17.1. The quantitative estimate of drug-likeness (QED) is 0.0928. The Hall–Kier alpha value is -3.32. The second-order valence-electron chi connectivity index (χ2n) is 27.8. The standard InChI is InChI=1S/2C32H49NO5/c1-5-22-26-17-21(34)12-14-32(26,4)25-13-15-31(3)23(9-10-24(31)28(25)29(22)35)19(2)7-6-16-38-27-11-8-20(18-33-27)30(36)37;1-5-22-26-17-21(34)12-14-32(26,4)25-13-15-31(3)23(9-10-24(31)28(25)29(22)36)19(2)7-6-16-33-18-20(30(37)38)8-11-27(33)35/h8,11,18-19,21-26,28-29,34-35H,5-7,9-10,12-17H2,1-4H3,(H,36,37);8,11,18-19,21-26,28-29,34,36H,5-7,9-10,12-17H2,1-4H3,(H,37,38)/t2*19-,21-,22-,23-,24+,25+,26+,28+,29-,31-,32-/m11/s1. The molecular weight excluding hydrogens is 957 g/mol. The van der Waals surface area contributed by atoms with Crippen LogP contribution in [0, 0.1) is 105 Å². The molecule has 0 unspecified atom stereocenters. The number of hydrogen-bond donors (Lipinski definition) is 6. The van der Waals surface area contributed by atoms with Gasteiger partial charge in [0.15, 0.2) is 0 Å². The summed E-state index contributed by atoms with van der Waals surface area (Å²) in [4.78, 5) is 38.7. The van der Waals surface area contributed by atoms with Crippen molar-refractivity contribution in [1.82, 2.24) is 9.55 Å². The molecule has 0 saturated heterocycles. The van der Waals surface area contributed by atoms with E-state index in [4.69, 9.17) is 9.84 Å². The highest BCUT2D eigenvalue weighted by molar-refractivity contribution is 5.87. The summed E-state index contributed by atoms with van der Waals surface area (Å²) in [6.07, 6.45) is 23.4. The van der Waals surface area contributed by atoms with Gasteiger partial charge in [0, 0.05) is 31.1 Å². The van der Waals surface area contributed by atoms with Crippen molar-refractivity contribution in [1.29, 1.82) is 0 Å². The number of ether oxygens (including phenoxy) is 1. The SMILES string of the molecule is CC[C@H]1[C@@H](O)[C@@H]2[C@H](CC[C@]3(C)[C@@H]([C@H](C)CCCOc4ccc(C(=O)O)cn4)CC[C@@H]23)[C@@]2(C)CC[C@@H](O)C[C@@H]12.CC[C@H]1[C@@H](O)[C@@H]2[C@H](CC[C@]3(C)[C@@H]([C@H](C)CCCn4cc(C(=O)O)ccc4=O)CC[C@@H]23)[C@@]2(C)CC[C@@H](O)C[C@@H]12. The molecule has 0 aliphatic heterocycles. The molecule has 0 aromatic carbocycles. The first-order chi connectivity index (χ1) is 36.1. The van der Waals surface area contributed by atoms with E-state index in [2.05, 4.69) is 60.4 Å². The van der Waals surface area contributed by atoms with Gasteiger partial charge in [0.05, 0.1) is 42.1 Å². The highest BCUT2D eigenvalue weighted by Gasteiger charge is 2.67. The average Bonchev–Trinajstić information content (AvgIpc) is 4.05. The number of aromatic carboxylic acids is 2. The molecule has 2 aromatic heterocycles. The normalized spacial score (nSPS) is 43.1. The van der Waals surface area contributed by atoms with Crippen molar-refractivity contribution in [2.75, 3.05) is 6.61 Å². The summed E-state index contributed by atoms with van der Waals surface area (Å²) in [5.74, 6) is 5.42. The van der Waals surface area contributed by atoms with E-state index in [0.717, 1.165) is 77.0 Å². The lowest BCUT2D eigenvalue weighted by Gasteiger charge is -2.64.